The van der Waals surface area contributed by atoms with Crippen LogP contribution in [0.25, 0.3) is 10.8 Å². The molecule has 4 aromatic carbocycles. The van der Waals surface area contributed by atoms with Crippen LogP contribution in [0.4, 0.5) is 11.4 Å². The number of nitrogens with one attached hydrogen (secondary N) is 2. The van der Waals surface area contributed by atoms with Crippen LogP contribution < -0.4 is 10.6 Å². The number of carbonyl (C=O) groups excluding carboxylic acids is 3. The Labute approximate surface area is 230 Å². The van der Waals surface area contributed by atoms with E-state index in [1.54, 1.807) is 6.07 Å². The number of carbonyl (C=O) groups is 3. The number of fused-ring (bicyclic) bond motifs is 8. The van der Waals surface area contributed by atoms with Gasteiger partial charge in [0, 0.05) is 22.9 Å². The lowest BCUT2D eigenvalue weighted by molar-refractivity contribution is -0.137. The summed E-state index contributed by atoms with van der Waals surface area (Å²) in [7, 11) is 0. The van der Waals surface area contributed by atoms with Gasteiger partial charge in [0.25, 0.3) is 5.91 Å². The number of anilines is 2. The smallest absolute Gasteiger partial charge is 0.251 e. The first-order valence-electron chi connectivity index (χ1n) is 13.3. The molecule has 4 atom stereocenters. The highest BCUT2D eigenvalue weighted by Gasteiger charge is 2.81. The van der Waals surface area contributed by atoms with E-state index in [4.69, 9.17) is 11.6 Å². The first kappa shape index (κ1) is 22.9. The molecule has 4 aliphatic rings. The molecule has 0 unspecified atom stereocenters. The van der Waals surface area contributed by atoms with Gasteiger partial charge in [-0.05, 0) is 53.9 Å². The summed E-state index contributed by atoms with van der Waals surface area (Å²) in [5, 5.41) is 8.52. The zero-order chi connectivity index (χ0) is 26.5. The van der Waals surface area contributed by atoms with Crippen molar-refractivity contribution >= 4 is 51.3 Å². The number of Topliss-reactive ketones (excluding diaryl/α,β-unsaturated/α-hetero) is 1. The van der Waals surface area contributed by atoms with Crippen molar-refractivity contribution in [2.45, 2.75) is 29.8 Å². The van der Waals surface area contributed by atoms with Crippen molar-refractivity contribution in [2.24, 2.45) is 5.92 Å². The fraction of sp³-hybridized carbons (Fsp3) is 0.219. The first-order valence-corrected chi connectivity index (χ1v) is 13.7. The fourth-order valence-corrected chi connectivity index (χ4v) is 8.31. The van der Waals surface area contributed by atoms with Crippen molar-refractivity contribution in [3.05, 3.63) is 107 Å². The molecule has 2 spiro atoms. The molecule has 192 valence electrons. The second kappa shape index (κ2) is 7.78. The van der Waals surface area contributed by atoms with Gasteiger partial charge in [-0.25, -0.2) is 0 Å². The van der Waals surface area contributed by atoms with Gasteiger partial charge in [-0.1, -0.05) is 78.3 Å². The van der Waals surface area contributed by atoms with Gasteiger partial charge < -0.3 is 10.6 Å². The molecule has 4 heterocycles. The monoisotopic (exact) mass is 533 g/mol. The van der Waals surface area contributed by atoms with E-state index in [1.807, 2.05) is 78.9 Å². The average Bonchev–Trinajstić information content (AvgIpc) is 3.67. The number of hydrogen-bond donors (Lipinski definition) is 2. The molecule has 2 saturated heterocycles. The van der Waals surface area contributed by atoms with Crippen LogP contribution in [0.2, 0.25) is 5.02 Å². The molecule has 8 rings (SSSR count). The predicted octanol–water partition coefficient (Wildman–Crippen LogP) is 5.51. The van der Waals surface area contributed by atoms with Crippen LogP contribution in [0.1, 0.15) is 34.3 Å². The van der Waals surface area contributed by atoms with E-state index in [0.717, 1.165) is 17.2 Å². The minimum absolute atomic E-state index is 0.121. The highest BCUT2D eigenvalue weighted by atomic mass is 35.5. The molecule has 39 heavy (non-hydrogen) atoms. The van der Waals surface area contributed by atoms with E-state index in [2.05, 4.69) is 15.5 Å². The van der Waals surface area contributed by atoms with Gasteiger partial charge in [-0.3, -0.25) is 19.3 Å². The Hall–Kier alpha value is -4.00. The van der Waals surface area contributed by atoms with Crippen molar-refractivity contribution < 1.29 is 14.4 Å². The van der Waals surface area contributed by atoms with E-state index in [1.165, 1.54) is 0 Å². The third-order valence-corrected chi connectivity index (χ3v) is 9.71. The normalized spacial score (nSPS) is 28.5. The number of amides is 2. The van der Waals surface area contributed by atoms with Crippen molar-refractivity contribution in [2.75, 3.05) is 17.2 Å². The number of rotatable bonds is 2. The molecule has 2 amide bonds. The summed E-state index contributed by atoms with van der Waals surface area (Å²) in [6.45, 7) is 0.600. The highest BCUT2D eigenvalue weighted by molar-refractivity contribution is 6.35. The lowest BCUT2D eigenvalue weighted by atomic mass is 9.57. The average molecular weight is 534 g/mol. The summed E-state index contributed by atoms with van der Waals surface area (Å²) in [6, 6.07) is 26.3. The second-order valence-corrected chi connectivity index (χ2v) is 11.3. The molecule has 0 saturated carbocycles. The number of nitrogens with zero attached hydrogens (tertiary/aromatic N) is 1. The summed E-state index contributed by atoms with van der Waals surface area (Å²) in [4.78, 5) is 45.9. The number of para-hydroxylation sites is 2. The van der Waals surface area contributed by atoms with Crippen LogP contribution in [0.15, 0.2) is 84.9 Å². The number of hydrogen-bond acceptors (Lipinski definition) is 4. The predicted molar refractivity (Wildman–Crippen MR) is 150 cm³/mol. The first-order chi connectivity index (χ1) is 19.0. The Bertz CT molecular complexity index is 1770. The Morgan fingerprint density at radius 3 is 2.49 bits per heavy atom. The fourth-order valence-electron chi connectivity index (χ4n) is 8.09. The summed E-state index contributed by atoms with van der Waals surface area (Å²) in [5.74, 6) is -1.52. The minimum Gasteiger partial charge on any atom is -0.325 e. The van der Waals surface area contributed by atoms with Crippen molar-refractivity contribution in [1.29, 1.82) is 0 Å². The third kappa shape index (κ3) is 2.59. The van der Waals surface area contributed by atoms with Gasteiger partial charge in [0.1, 0.15) is 11.0 Å². The van der Waals surface area contributed by atoms with Crippen molar-refractivity contribution in [3.8, 4) is 0 Å². The molecule has 7 heteroatoms. The van der Waals surface area contributed by atoms with Gasteiger partial charge in [0.05, 0.1) is 16.6 Å². The zero-order valence-electron chi connectivity index (χ0n) is 20.9. The molecule has 0 radical (unpaired) electrons. The zero-order valence-corrected chi connectivity index (χ0v) is 21.7. The van der Waals surface area contributed by atoms with Crippen LogP contribution in [-0.2, 0) is 20.5 Å². The molecule has 4 aliphatic heterocycles. The van der Waals surface area contributed by atoms with Gasteiger partial charge in [-0.15, -0.1) is 0 Å². The Morgan fingerprint density at radius 2 is 1.62 bits per heavy atom. The van der Waals surface area contributed by atoms with E-state index in [0.29, 0.717) is 46.1 Å². The Balaban J connectivity index is 1.46. The topological polar surface area (TPSA) is 78.5 Å². The van der Waals surface area contributed by atoms with Crippen LogP contribution >= 0.6 is 11.6 Å². The summed E-state index contributed by atoms with van der Waals surface area (Å²) in [5.41, 5.74) is 0.162. The maximum absolute atomic E-state index is 14.8. The molecular formula is C32H24ClN3O3. The van der Waals surface area contributed by atoms with Crippen LogP contribution in [0.5, 0.6) is 0 Å². The Morgan fingerprint density at radius 1 is 0.846 bits per heavy atom. The van der Waals surface area contributed by atoms with Gasteiger partial charge >= 0.3 is 0 Å². The summed E-state index contributed by atoms with van der Waals surface area (Å²) >= 11 is 6.62. The van der Waals surface area contributed by atoms with E-state index in [-0.39, 0.29) is 23.6 Å². The van der Waals surface area contributed by atoms with E-state index >= 15 is 0 Å². The van der Waals surface area contributed by atoms with Gasteiger partial charge in [-0.2, -0.15) is 0 Å². The molecule has 2 fully saturated rings. The molecule has 4 aromatic rings. The third-order valence-electron chi connectivity index (χ3n) is 9.40. The van der Waals surface area contributed by atoms with E-state index in [9.17, 15) is 14.4 Å². The van der Waals surface area contributed by atoms with Crippen LogP contribution in [-0.4, -0.2) is 35.1 Å². The maximum atomic E-state index is 14.8. The lowest BCUT2D eigenvalue weighted by Gasteiger charge is -2.43. The molecule has 0 bridgehead atoms. The SMILES string of the molecule is O=C(c1ccc2ccccc2c1)[C@H]1[C@@H]2CCCN2[C@@]2(C(=O)Nc3c(Cl)cccc32)[C@]12C(=O)Nc1ccccc12. The lowest BCUT2D eigenvalue weighted by Crippen LogP contribution is -2.62. The van der Waals surface area contributed by atoms with Crippen LogP contribution in [0, 0.1) is 5.92 Å². The quantitative estimate of drug-likeness (QED) is 0.333. The Kier molecular flexibility index (Phi) is 4.57. The van der Waals surface area contributed by atoms with Crippen LogP contribution in [0.3, 0.4) is 0 Å². The summed E-state index contributed by atoms with van der Waals surface area (Å²) in [6.07, 6.45) is 1.54. The molecule has 6 nitrogen and oxygen atoms in total. The van der Waals surface area contributed by atoms with E-state index < -0.39 is 16.9 Å². The maximum Gasteiger partial charge on any atom is 0.251 e. The standard InChI is InChI=1S/C32H24ClN3O3/c33-23-11-5-10-22-27(23)35-30(39)32(22)31(21-9-3-4-12-24(21)34-29(31)38)26(25-13-6-16-36(25)32)28(37)20-15-14-18-7-1-2-8-19(18)17-20/h1-5,7-12,14-15,17,25-26H,6,13,16H2,(H,34,38)(H,35,39)/t25-,26+,31-,32-/m0/s1. The second-order valence-electron chi connectivity index (χ2n) is 10.9. The molecule has 2 N–H and O–H groups in total. The molecule has 0 aromatic heterocycles. The molecular weight excluding hydrogens is 510 g/mol. The van der Waals surface area contributed by atoms with Gasteiger partial charge in [0.15, 0.2) is 5.78 Å². The number of ketones is 1. The summed E-state index contributed by atoms with van der Waals surface area (Å²) < 4.78 is 0. The van der Waals surface area contributed by atoms with Gasteiger partial charge in [0.2, 0.25) is 5.91 Å². The number of benzene rings is 4. The highest BCUT2D eigenvalue weighted by Crippen LogP contribution is 2.68. The minimum atomic E-state index is -1.47. The largest absolute Gasteiger partial charge is 0.325 e. The molecule has 0 aliphatic carbocycles. The van der Waals surface area contributed by atoms with Crippen molar-refractivity contribution in [3.63, 3.8) is 0 Å². The van der Waals surface area contributed by atoms with Crippen molar-refractivity contribution in [1.82, 2.24) is 4.90 Å². The number of halogens is 1.